The lowest BCUT2D eigenvalue weighted by atomic mass is 10.1. The lowest BCUT2D eigenvalue weighted by molar-refractivity contribution is -0.116. The van der Waals surface area contributed by atoms with E-state index in [9.17, 15) is 13.2 Å². The zero-order valence-corrected chi connectivity index (χ0v) is 17.2. The largest absolute Gasteiger partial charge is 0.497 e. The smallest absolute Gasteiger partial charge is 0.225 e. The third kappa shape index (κ3) is 6.39. The van der Waals surface area contributed by atoms with Gasteiger partial charge < -0.3 is 14.8 Å². The summed E-state index contributed by atoms with van der Waals surface area (Å²) in [6.07, 6.45) is 7.40. The third-order valence-corrected chi connectivity index (χ3v) is 6.23. The summed E-state index contributed by atoms with van der Waals surface area (Å²) in [4.78, 5) is 12.4. The van der Waals surface area contributed by atoms with Gasteiger partial charge in [-0.15, -0.1) is 0 Å². The van der Waals surface area contributed by atoms with Gasteiger partial charge >= 0.3 is 0 Å². The summed E-state index contributed by atoms with van der Waals surface area (Å²) in [5.74, 6) is 0.869. The van der Waals surface area contributed by atoms with Crippen LogP contribution in [0.4, 0.5) is 5.69 Å². The van der Waals surface area contributed by atoms with Crippen molar-refractivity contribution in [2.75, 3.05) is 32.3 Å². The molecular formula is C19H30N2O5S. The lowest BCUT2D eigenvalue weighted by Gasteiger charge is -2.28. The fourth-order valence-electron chi connectivity index (χ4n) is 3.49. The molecule has 1 N–H and O–H groups in total. The molecule has 0 atom stereocenters. The van der Waals surface area contributed by atoms with Crippen molar-refractivity contribution in [3.05, 3.63) is 18.2 Å². The molecule has 1 amide bonds. The van der Waals surface area contributed by atoms with E-state index in [1.54, 1.807) is 25.3 Å². The number of ether oxygens (including phenoxy) is 2. The molecule has 1 aliphatic carbocycles. The van der Waals surface area contributed by atoms with Crippen LogP contribution in [0, 0.1) is 0 Å². The zero-order chi connectivity index (χ0) is 19.9. The Morgan fingerprint density at radius 1 is 1.15 bits per heavy atom. The molecule has 0 aliphatic heterocycles. The molecule has 1 aromatic rings. The van der Waals surface area contributed by atoms with Crippen LogP contribution in [-0.4, -0.2) is 51.7 Å². The number of hydrogen-bond acceptors (Lipinski definition) is 5. The van der Waals surface area contributed by atoms with Crippen LogP contribution in [0.3, 0.4) is 0 Å². The number of nitrogens with zero attached hydrogens (tertiary/aromatic N) is 1. The Labute approximate surface area is 162 Å². The van der Waals surface area contributed by atoms with E-state index in [2.05, 4.69) is 5.32 Å². The van der Waals surface area contributed by atoms with Gasteiger partial charge in [0.2, 0.25) is 15.9 Å². The second kappa shape index (κ2) is 9.94. The second-order valence-corrected chi connectivity index (χ2v) is 8.82. The Balaban J connectivity index is 2.01. The van der Waals surface area contributed by atoms with Crippen molar-refractivity contribution in [1.82, 2.24) is 4.31 Å². The van der Waals surface area contributed by atoms with E-state index >= 15 is 0 Å². The highest BCUT2D eigenvalue weighted by molar-refractivity contribution is 7.88. The second-order valence-electron chi connectivity index (χ2n) is 6.88. The SMILES string of the molecule is COc1ccc(NC(=O)CCN(C2CCCCCC2)S(C)(=O)=O)c(OC)c1. The van der Waals surface area contributed by atoms with Crippen molar-refractivity contribution in [2.24, 2.45) is 0 Å². The fourth-order valence-corrected chi connectivity index (χ4v) is 4.67. The van der Waals surface area contributed by atoms with Crippen molar-refractivity contribution < 1.29 is 22.7 Å². The molecule has 1 aliphatic rings. The standard InChI is InChI=1S/C19H30N2O5S/c1-25-16-10-11-17(18(14-16)26-2)20-19(22)12-13-21(27(3,23)24)15-8-6-4-5-7-9-15/h10-11,14-15H,4-9,12-13H2,1-3H3,(H,20,22). The Bertz CT molecular complexity index is 728. The maximum absolute atomic E-state index is 12.4. The van der Waals surface area contributed by atoms with Crippen LogP contribution in [0.1, 0.15) is 44.9 Å². The summed E-state index contributed by atoms with van der Waals surface area (Å²) in [7, 11) is -0.287. The minimum Gasteiger partial charge on any atom is -0.497 e. The first-order chi connectivity index (χ1) is 12.8. The minimum atomic E-state index is -3.36. The van der Waals surface area contributed by atoms with Crippen LogP contribution < -0.4 is 14.8 Å². The van der Waals surface area contributed by atoms with Crippen molar-refractivity contribution in [2.45, 2.75) is 51.0 Å². The van der Waals surface area contributed by atoms with Gasteiger partial charge in [0.25, 0.3) is 0 Å². The van der Waals surface area contributed by atoms with E-state index < -0.39 is 10.0 Å². The van der Waals surface area contributed by atoms with Gasteiger partial charge in [0, 0.05) is 25.1 Å². The normalized spacial score (nSPS) is 16.0. The molecule has 0 radical (unpaired) electrons. The number of carbonyl (C=O) groups excluding carboxylic acids is 1. The van der Waals surface area contributed by atoms with Crippen LogP contribution in [0.5, 0.6) is 11.5 Å². The predicted molar refractivity (Wildman–Crippen MR) is 106 cm³/mol. The summed E-state index contributed by atoms with van der Waals surface area (Å²) in [5, 5.41) is 2.79. The van der Waals surface area contributed by atoms with E-state index in [0.29, 0.717) is 17.2 Å². The number of methoxy groups -OCH3 is 2. The number of nitrogens with one attached hydrogen (secondary N) is 1. The summed E-state index contributed by atoms with van der Waals surface area (Å²) >= 11 is 0. The zero-order valence-electron chi connectivity index (χ0n) is 16.4. The van der Waals surface area contributed by atoms with Crippen molar-refractivity contribution in [3.8, 4) is 11.5 Å². The van der Waals surface area contributed by atoms with Gasteiger partial charge in [-0.3, -0.25) is 4.79 Å². The molecule has 0 unspecified atom stereocenters. The molecule has 1 aromatic carbocycles. The van der Waals surface area contributed by atoms with Crippen molar-refractivity contribution >= 4 is 21.6 Å². The van der Waals surface area contributed by atoms with Gasteiger partial charge in [-0.25, -0.2) is 8.42 Å². The number of hydrogen-bond donors (Lipinski definition) is 1. The highest BCUT2D eigenvalue weighted by Gasteiger charge is 2.27. The van der Waals surface area contributed by atoms with E-state index in [1.807, 2.05) is 0 Å². The van der Waals surface area contributed by atoms with E-state index in [-0.39, 0.29) is 24.9 Å². The van der Waals surface area contributed by atoms with E-state index in [1.165, 1.54) is 17.7 Å². The summed E-state index contributed by atoms with van der Waals surface area (Å²) < 4.78 is 36.4. The Morgan fingerprint density at radius 3 is 2.37 bits per heavy atom. The first kappa shape index (κ1) is 21.5. The molecule has 7 nitrogen and oxygen atoms in total. The molecule has 0 bridgehead atoms. The molecule has 0 spiro atoms. The van der Waals surface area contributed by atoms with Gasteiger partial charge in [0.1, 0.15) is 11.5 Å². The number of rotatable bonds is 8. The predicted octanol–water partition coefficient (Wildman–Crippen LogP) is 3.02. The van der Waals surface area contributed by atoms with Gasteiger partial charge in [-0.05, 0) is 25.0 Å². The first-order valence-electron chi connectivity index (χ1n) is 9.34. The summed E-state index contributed by atoms with van der Waals surface area (Å²) in [5.41, 5.74) is 0.531. The van der Waals surface area contributed by atoms with Crippen LogP contribution >= 0.6 is 0 Å². The summed E-state index contributed by atoms with van der Waals surface area (Å²) in [6, 6.07) is 5.11. The average Bonchev–Trinajstić information content (AvgIpc) is 2.90. The van der Waals surface area contributed by atoms with E-state index in [0.717, 1.165) is 38.5 Å². The van der Waals surface area contributed by atoms with Gasteiger partial charge in [0.15, 0.2) is 0 Å². The topological polar surface area (TPSA) is 84.9 Å². The number of carbonyl (C=O) groups is 1. The first-order valence-corrected chi connectivity index (χ1v) is 11.2. The molecule has 2 rings (SSSR count). The molecule has 0 saturated heterocycles. The molecule has 152 valence electrons. The molecule has 8 heteroatoms. The van der Waals surface area contributed by atoms with Crippen LogP contribution in [0.15, 0.2) is 18.2 Å². The Hall–Kier alpha value is -1.80. The van der Waals surface area contributed by atoms with Crippen molar-refractivity contribution in [3.63, 3.8) is 0 Å². The maximum Gasteiger partial charge on any atom is 0.225 e. The quantitative estimate of drug-likeness (QED) is 0.681. The number of sulfonamides is 1. The lowest BCUT2D eigenvalue weighted by Crippen LogP contribution is -2.41. The van der Waals surface area contributed by atoms with Gasteiger partial charge in [-0.2, -0.15) is 4.31 Å². The third-order valence-electron chi connectivity index (χ3n) is 4.90. The highest BCUT2D eigenvalue weighted by atomic mass is 32.2. The monoisotopic (exact) mass is 398 g/mol. The fraction of sp³-hybridized carbons (Fsp3) is 0.632. The Morgan fingerprint density at radius 2 is 1.81 bits per heavy atom. The average molecular weight is 399 g/mol. The number of amides is 1. The van der Waals surface area contributed by atoms with Crippen molar-refractivity contribution in [1.29, 1.82) is 0 Å². The van der Waals surface area contributed by atoms with Crippen LogP contribution in [0.2, 0.25) is 0 Å². The van der Waals surface area contributed by atoms with Crippen LogP contribution in [0.25, 0.3) is 0 Å². The highest BCUT2D eigenvalue weighted by Crippen LogP contribution is 2.29. The molecule has 1 fully saturated rings. The molecule has 1 saturated carbocycles. The molecule has 0 heterocycles. The minimum absolute atomic E-state index is 0.00850. The molecule has 27 heavy (non-hydrogen) atoms. The maximum atomic E-state index is 12.4. The van der Waals surface area contributed by atoms with Gasteiger partial charge in [-0.1, -0.05) is 25.7 Å². The number of anilines is 1. The van der Waals surface area contributed by atoms with E-state index in [4.69, 9.17) is 9.47 Å². The molecule has 0 aromatic heterocycles. The Kier molecular flexibility index (Phi) is 7.91. The van der Waals surface area contributed by atoms with Gasteiger partial charge in [0.05, 0.1) is 26.2 Å². The molecular weight excluding hydrogens is 368 g/mol. The van der Waals surface area contributed by atoms with Crippen LogP contribution in [-0.2, 0) is 14.8 Å². The number of benzene rings is 1. The summed E-state index contributed by atoms with van der Waals surface area (Å²) in [6.45, 7) is 0.188.